The van der Waals surface area contributed by atoms with E-state index in [1.165, 1.54) is 26.4 Å². The molecular weight excluding hydrogens is 402 g/mol. The molecule has 10 heteroatoms. The van der Waals surface area contributed by atoms with Gasteiger partial charge in [0.15, 0.2) is 17.3 Å². The van der Waals surface area contributed by atoms with E-state index in [9.17, 15) is 17.6 Å². The minimum absolute atomic E-state index is 0.0413. The van der Waals surface area contributed by atoms with Gasteiger partial charge < -0.3 is 9.15 Å². The first kappa shape index (κ1) is 20.2. The van der Waals surface area contributed by atoms with Crippen LogP contribution < -0.4 is 4.74 Å². The van der Waals surface area contributed by atoms with E-state index in [1.54, 1.807) is 24.3 Å². The Morgan fingerprint density at radius 3 is 2.25 bits per heavy atom. The summed E-state index contributed by atoms with van der Waals surface area (Å²) in [7, 11) is 2.63. The Morgan fingerprint density at radius 2 is 1.68 bits per heavy atom. The lowest BCUT2D eigenvalue weighted by Crippen LogP contribution is -2.04. The van der Waals surface area contributed by atoms with Gasteiger partial charge in [-0.25, -0.2) is 14.3 Å². The molecule has 3 aromatic rings. The third-order valence-corrected chi connectivity index (χ3v) is 4.28. The number of alkyl halides is 3. The Bertz CT molecular complexity index is 957. The van der Waals surface area contributed by atoms with Crippen molar-refractivity contribution >= 4 is 12.0 Å². The molecule has 1 heterocycles. The maximum atomic E-state index is 14.0. The topological polar surface area (TPSA) is 53.7 Å². The van der Waals surface area contributed by atoms with E-state index >= 15 is 0 Å². The highest BCUT2D eigenvalue weighted by molar-refractivity contribution is 7.94. The van der Waals surface area contributed by atoms with Crippen molar-refractivity contribution in [1.29, 1.82) is 0 Å². The highest BCUT2D eigenvalue weighted by Gasteiger charge is 2.39. The van der Waals surface area contributed by atoms with Gasteiger partial charge in [-0.1, -0.05) is 12.1 Å². The Kier molecular flexibility index (Phi) is 5.92. The van der Waals surface area contributed by atoms with Crippen LogP contribution in [-0.2, 0) is 15.4 Å². The van der Waals surface area contributed by atoms with Crippen LogP contribution in [0.5, 0.6) is 5.75 Å². The van der Waals surface area contributed by atoms with Gasteiger partial charge in [-0.05, 0) is 30.3 Å². The number of benzene rings is 2. The SMILES string of the molecule is COOSc1ccc(-c2nc(C(F)(F)F)oc2-c2ccc(OC)c(F)c2)cc1. The molecule has 5 nitrogen and oxygen atoms in total. The number of aromatic nitrogens is 1. The molecule has 0 atom stereocenters. The smallest absolute Gasteiger partial charge is 0.468 e. The zero-order valence-electron chi connectivity index (χ0n) is 14.5. The van der Waals surface area contributed by atoms with Crippen LogP contribution >= 0.6 is 12.0 Å². The van der Waals surface area contributed by atoms with Gasteiger partial charge >= 0.3 is 12.1 Å². The fraction of sp³-hybridized carbons (Fsp3) is 0.167. The first-order chi connectivity index (χ1) is 13.3. The van der Waals surface area contributed by atoms with E-state index < -0.39 is 17.9 Å². The highest BCUT2D eigenvalue weighted by atomic mass is 32.2. The molecule has 1 aromatic heterocycles. The summed E-state index contributed by atoms with van der Waals surface area (Å²) in [6.07, 6.45) is -4.79. The van der Waals surface area contributed by atoms with E-state index in [0.29, 0.717) is 10.5 Å². The molecule has 0 saturated carbocycles. The summed E-state index contributed by atoms with van der Waals surface area (Å²) >= 11 is 0.931. The summed E-state index contributed by atoms with van der Waals surface area (Å²) < 4.78 is 67.9. The molecular formula is C18H13F4NO4S. The molecule has 2 aromatic carbocycles. The van der Waals surface area contributed by atoms with E-state index in [2.05, 4.69) is 9.87 Å². The molecule has 148 valence electrons. The van der Waals surface area contributed by atoms with Crippen molar-refractivity contribution in [2.75, 3.05) is 14.2 Å². The van der Waals surface area contributed by atoms with Crippen molar-refractivity contribution in [3.63, 3.8) is 0 Å². The van der Waals surface area contributed by atoms with E-state index in [-0.39, 0.29) is 22.8 Å². The van der Waals surface area contributed by atoms with Crippen LogP contribution in [0.25, 0.3) is 22.6 Å². The standard InChI is InChI=1S/C18H13F4NO4S/c1-24-14-8-5-11(9-13(14)19)16-15(23-17(26-16)18(20,21)22)10-3-6-12(7-4-10)28-27-25-2/h3-9H,1-2H3. The number of nitrogens with zero attached hydrogens (tertiary/aromatic N) is 1. The number of rotatable bonds is 6. The molecule has 0 amide bonds. The lowest BCUT2D eigenvalue weighted by atomic mass is 10.1. The van der Waals surface area contributed by atoms with Crippen LogP contribution in [-0.4, -0.2) is 19.2 Å². The van der Waals surface area contributed by atoms with Crippen molar-refractivity contribution in [2.45, 2.75) is 11.1 Å². The summed E-state index contributed by atoms with van der Waals surface area (Å²) in [4.78, 5) is 8.71. The molecule has 0 aliphatic rings. The molecule has 0 saturated heterocycles. The van der Waals surface area contributed by atoms with Gasteiger partial charge in [0.05, 0.1) is 26.3 Å². The summed E-state index contributed by atoms with van der Waals surface area (Å²) in [6.45, 7) is 0. The zero-order chi connectivity index (χ0) is 20.3. The molecule has 0 radical (unpaired) electrons. The summed E-state index contributed by atoms with van der Waals surface area (Å²) in [5, 5.41) is 0. The van der Waals surface area contributed by atoms with Crippen LogP contribution in [0.1, 0.15) is 5.89 Å². The van der Waals surface area contributed by atoms with Gasteiger partial charge in [-0.3, -0.25) is 0 Å². The van der Waals surface area contributed by atoms with Gasteiger partial charge in [0, 0.05) is 16.0 Å². The Morgan fingerprint density at radius 1 is 1.00 bits per heavy atom. The summed E-state index contributed by atoms with van der Waals surface area (Å²) in [5.41, 5.74) is 0.380. The first-order valence-corrected chi connectivity index (χ1v) is 8.47. The lowest BCUT2D eigenvalue weighted by molar-refractivity contribution is -0.160. The quantitative estimate of drug-likeness (QED) is 0.221. The van der Waals surface area contributed by atoms with Gasteiger partial charge in [0.2, 0.25) is 0 Å². The number of hydrogen-bond acceptors (Lipinski definition) is 6. The van der Waals surface area contributed by atoms with Crippen LogP contribution in [0.4, 0.5) is 17.6 Å². The fourth-order valence-electron chi connectivity index (χ4n) is 2.38. The minimum atomic E-state index is -4.79. The van der Waals surface area contributed by atoms with Crippen molar-refractivity contribution in [3.05, 3.63) is 54.2 Å². The second-order valence-corrected chi connectivity index (χ2v) is 6.16. The molecule has 0 aliphatic carbocycles. The Balaban J connectivity index is 2.07. The predicted molar refractivity (Wildman–Crippen MR) is 92.8 cm³/mol. The monoisotopic (exact) mass is 415 g/mol. The van der Waals surface area contributed by atoms with E-state index in [4.69, 9.17) is 13.5 Å². The fourth-order valence-corrected chi connectivity index (χ4v) is 2.78. The van der Waals surface area contributed by atoms with Gasteiger partial charge in [0.1, 0.15) is 5.69 Å². The van der Waals surface area contributed by atoms with Crippen LogP contribution in [0.3, 0.4) is 0 Å². The molecule has 0 aliphatic heterocycles. The van der Waals surface area contributed by atoms with E-state index in [1.807, 2.05) is 0 Å². The van der Waals surface area contributed by atoms with Gasteiger partial charge in [-0.2, -0.15) is 17.5 Å². The third-order valence-electron chi connectivity index (χ3n) is 3.61. The molecule has 0 bridgehead atoms. The summed E-state index contributed by atoms with van der Waals surface area (Å²) in [5.74, 6) is -2.41. The molecule has 0 fully saturated rings. The van der Waals surface area contributed by atoms with Crippen LogP contribution in [0.2, 0.25) is 0 Å². The van der Waals surface area contributed by atoms with Crippen molar-refractivity contribution in [1.82, 2.24) is 4.98 Å². The van der Waals surface area contributed by atoms with Crippen molar-refractivity contribution < 1.29 is 35.9 Å². The number of halogens is 4. The number of hydrogen-bond donors (Lipinski definition) is 0. The molecule has 3 rings (SSSR count). The highest BCUT2D eigenvalue weighted by Crippen LogP contribution is 2.39. The largest absolute Gasteiger partial charge is 0.494 e. The third kappa shape index (κ3) is 4.29. The lowest BCUT2D eigenvalue weighted by Gasteiger charge is -2.05. The Hall–Kier alpha value is -2.56. The van der Waals surface area contributed by atoms with Crippen LogP contribution in [0.15, 0.2) is 51.8 Å². The number of oxazole rings is 1. The molecule has 0 spiro atoms. The van der Waals surface area contributed by atoms with Crippen LogP contribution in [0, 0.1) is 5.82 Å². The number of methoxy groups -OCH3 is 1. The molecule has 28 heavy (non-hydrogen) atoms. The Labute approximate surface area is 161 Å². The summed E-state index contributed by atoms with van der Waals surface area (Å²) in [6, 6.07) is 10.0. The average molecular weight is 415 g/mol. The molecule has 0 unspecified atom stereocenters. The second-order valence-electron chi connectivity index (χ2n) is 5.39. The molecule has 0 N–H and O–H groups in total. The minimum Gasteiger partial charge on any atom is -0.494 e. The maximum absolute atomic E-state index is 14.0. The number of ether oxygens (including phenoxy) is 1. The maximum Gasteiger partial charge on any atom is 0.468 e. The van der Waals surface area contributed by atoms with Crippen molar-refractivity contribution in [2.24, 2.45) is 0 Å². The van der Waals surface area contributed by atoms with E-state index in [0.717, 1.165) is 18.1 Å². The van der Waals surface area contributed by atoms with Gasteiger partial charge in [0.25, 0.3) is 0 Å². The zero-order valence-corrected chi connectivity index (χ0v) is 15.4. The second kappa shape index (κ2) is 8.21. The average Bonchev–Trinajstić information content (AvgIpc) is 3.12. The van der Waals surface area contributed by atoms with Gasteiger partial charge in [-0.15, -0.1) is 0 Å². The van der Waals surface area contributed by atoms with Crippen molar-refractivity contribution in [3.8, 4) is 28.3 Å². The normalized spacial score (nSPS) is 11.6. The predicted octanol–water partition coefficient (Wildman–Crippen LogP) is 5.76. The first-order valence-electron chi connectivity index (χ1n) is 7.73.